The number of carbonyl (C=O) groups is 1. The summed E-state index contributed by atoms with van der Waals surface area (Å²) in [7, 11) is 0. The molecule has 0 fully saturated rings. The second-order valence-electron chi connectivity index (χ2n) is 4.34. The molecule has 1 heterocycles. The van der Waals surface area contributed by atoms with Gasteiger partial charge >= 0.3 is 12.0 Å². The lowest BCUT2D eigenvalue weighted by molar-refractivity contribution is 0.0697. The Hall–Kier alpha value is -2.86. The van der Waals surface area contributed by atoms with E-state index in [-0.39, 0.29) is 18.2 Å². The number of nitrogens with zero attached hydrogens (tertiary/aromatic N) is 1. The normalized spacial score (nSPS) is 10.7. The predicted octanol–water partition coefficient (Wildman–Crippen LogP) is 2.81. The molecule has 0 aliphatic carbocycles. The van der Waals surface area contributed by atoms with Gasteiger partial charge in [-0.2, -0.15) is 4.98 Å². The third-order valence-electron chi connectivity index (χ3n) is 2.96. The van der Waals surface area contributed by atoms with Gasteiger partial charge < -0.3 is 19.4 Å². The van der Waals surface area contributed by atoms with E-state index in [4.69, 9.17) is 14.3 Å². The van der Waals surface area contributed by atoms with Crippen LogP contribution in [0.4, 0.5) is 0 Å². The molecule has 21 heavy (non-hydrogen) atoms. The Morgan fingerprint density at radius 3 is 2.81 bits per heavy atom. The third kappa shape index (κ3) is 2.56. The van der Waals surface area contributed by atoms with Crippen LogP contribution in [0.3, 0.4) is 0 Å². The van der Waals surface area contributed by atoms with E-state index in [0.29, 0.717) is 22.4 Å². The molecule has 0 atom stereocenters. The molecule has 0 aliphatic heterocycles. The lowest BCUT2D eigenvalue weighted by Crippen LogP contribution is -1.94. The summed E-state index contributed by atoms with van der Waals surface area (Å²) in [5.74, 6) is -0.605. The van der Waals surface area contributed by atoms with Crippen LogP contribution in [0.2, 0.25) is 0 Å². The number of aromatic nitrogens is 1. The van der Waals surface area contributed by atoms with Gasteiger partial charge in [-0.1, -0.05) is 18.2 Å². The monoisotopic (exact) mass is 285 g/mol. The van der Waals surface area contributed by atoms with Crippen molar-refractivity contribution in [3.05, 3.63) is 53.6 Å². The Bertz CT molecular complexity index is 809. The fourth-order valence-electron chi connectivity index (χ4n) is 1.91. The fourth-order valence-corrected chi connectivity index (χ4v) is 1.91. The first-order valence-electron chi connectivity index (χ1n) is 6.18. The summed E-state index contributed by atoms with van der Waals surface area (Å²) in [5.41, 5.74) is 1.54. The van der Waals surface area contributed by atoms with Gasteiger partial charge in [0.1, 0.15) is 11.3 Å². The Balaban J connectivity index is 1.96. The van der Waals surface area contributed by atoms with Crippen molar-refractivity contribution in [1.82, 2.24) is 4.98 Å². The number of aromatic carboxylic acids is 1. The molecule has 106 valence electrons. The zero-order valence-electron chi connectivity index (χ0n) is 10.8. The average molecular weight is 285 g/mol. The number of aliphatic hydroxyl groups is 1. The van der Waals surface area contributed by atoms with E-state index in [1.54, 1.807) is 30.3 Å². The molecule has 2 N–H and O–H groups in total. The largest absolute Gasteiger partial charge is 0.478 e. The number of hydrogen-bond donors (Lipinski definition) is 2. The van der Waals surface area contributed by atoms with Crippen molar-refractivity contribution in [3.8, 4) is 11.8 Å². The van der Waals surface area contributed by atoms with Crippen LogP contribution in [-0.2, 0) is 6.61 Å². The van der Waals surface area contributed by atoms with Crippen LogP contribution in [0.25, 0.3) is 11.1 Å². The van der Waals surface area contributed by atoms with Gasteiger partial charge in [0.25, 0.3) is 0 Å². The lowest BCUT2D eigenvalue weighted by atomic mass is 10.2. The van der Waals surface area contributed by atoms with E-state index < -0.39 is 5.97 Å². The van der Waals surface area contributed by atoms with E-state index in [1.165, 1.54) is 12.1 Å². The van der Waals surface area contributed by atoms with Gasteiger partial charge in [-0.15, -0.1) is 0 Å². The molecule has 0 spiro atoms. The minimum Gasteiger partial charge on any atom is -0.478 e. The average Bonchev–Trinajstić information content (AvgIpc) is 2.89. The summed E-state index contributed by atoms with van der Waals surface area (Å²) < 4.78 is 10.9. The van der Waals surface area contributed by atoms with E-state index in [0.717, 1.165) is 0 Å². The van der Waals surface area contributed by atoms with Crippen LogP contribution in [0, 0.1) is 0 Å². The Morgan fingerprint density at radius 2 is 2.05 bits per heavy atom. The highest BCUT2D eigenvalue weighted by atomic mass is 16.6. The van der Waals surface area contributed by atoms with E-state index in [9.17, 15) is 9.90 Å². The Morgan fingerprint density at radius 1 is 1.24 bits per heavy atom. The molecule has 0 aliphatic rings. The van der Waals surface area contributed by atoms with E-state index in [1.807, 2.05) is 0 Å². The van der Waals surface area contributed by atoms with Crippen LogP contribution in [0.5, 0.6) is 11.8 Å². The molecule has 0 saturated heterocycles. The number of benzene rings is 2. The number of aliphatic hydroxyl groups excluding tert-OH is 1. The SMILES string of the molecule is O=C(O)c1ccc2nc(Oc3ccccc3CO)oc2c1. The van der Waals surface area contributed by atoms with Crippen molar-refractivity contribution in [2.45, 2.75) is 6.61 Å². The maximum atomic E-state index is 10.9. The molecule has 0 amide bonds. The maximum Gasteiger partial charge on any atom is 0.400 e. The first kappa shape index (κ1) is 13.1. The van der Waals surface area contributed by atoms with Crippen LogP contribution in [0.1, 0.15) is 15.9 Å². The summed E-state index contributed by atoms with van der Waals surface area (Å²) in [6.07, 6.45) is -0.00608. The highest BCUT2D eigenvalue weighted by Gasteiger charge is 2.12. The molecular formula is C15H11NO5. The highest BCUT2D eigenvalue weighted by molar-refractivity contribution is 5.91. The molecule has 0 radical (unpaired) electrons. The molecule has 0 unspecified atom stereocenters. The predicted molar refractivity (Wildman–Crippen MR) is 73.4 cm³/mol. The van der Waals surface area contributed by atoms with Crippen LogP contribution in [-0.4, -0.2) is 21.2 Å². The molecule has 0 bridgehead atoms. The number of rotatable bonds is 4. The van der Waals surface area contributed by atoms with Crippen LogP contribution < -0.4 is 4.74 Å². The zero-order chi connectivity index (χ0) is 14.8. The lowest BCUT2D eigenvalue weighted by Gasteiger charge is -2.04. The summed E-state index contributed by atoms with van der Waals surface area (Å²) >= 11 is 0. The third-order valence-corrected chi connectivity index (χ3v) is 2.96. The number of ether oxygens (including phenoxy) is 1. The number of hydrogen-bond acceptors (Lipinski definition) is 5. The minimum atomic E-state index is -1.04. The Kier molecular flexibility index (Phi) is 3.29. The zero-order valence-corrected chi connectivity index (χ0v) is 10.8. The van der Waals surface area contributed by atoms with Crippen molar-refractivity contribution in [2.75, 3.05) is 0 Å². The van der Waals surface area contributed by atoms with Gasteiger partial charge in [0.2, 0.25) is 0 Å². The summed E-state index contributed by atoms with van der Waals surface area (Å²) in [5, 5.41) is 18.2. The van der Waals surface area contributed by atoms with Crippen LogP contribution in [0.15, 0.2) is 46.9 Å². The van der Waals surface area contributed by atoms with Gasteiger partial charge in [0.05, 0.1) is 12.2 Å². The standard InChI is InChI=1S/C15H11NO5/c17-8-10-3-1-2-4-12(10)20-15-16-11-6-5-9(14(18)19)7-13(11)21-15/h1-7,17H,8H2,(H,18,19). The van der Waals surface area contributed by atoms with Crippen molar-refractivity contribution in [3.63, 3.8) is 0 Å². The maximum absolute atomic E-state index is 10.9. The number of para-hydroxylation sites is 1. The summed E-state index contributed by atoms with van der Waals surface area (Å²) in [6.45, 7) is -0.167. The van der Waals surface area contributed by atoms with Gasteiger partial charge in [-0.05, 0) is 24.3 Å². The molecule has 3 rings (SSSR count). The topological polar surface area (TPSA) is 92.8 Å². The molecule has 0 saturated carbocycles. The quantitative estimate of drug-likeness (QED) is 0.765. The van der Waals surface area contributed by atoms with E-state index >= 15 is 0 Å². The number of oxazole rings is 1. The number of carboxylic acids is 1. The molecule has 1 aromatic heterocycles. The molecular weight excluding hydrogens is 274 g/mol. The number of fused-ring (bicyclic) bond motifs is 1. The molecule has 6 nitrogen and oxygen atoms in total. The second kappa shape index (κ2) is 5.26. The second-order valence-corrected chi connectivity index (χ2v) is 4.34. The minimum absolute atomic E-state index is 0.00608. The van der Waals surface area contributed by atoms with Gasteiger partial charge in [-0.25, -0.2) is 4.79 Å². The molecule has 3 aromatic rings. The van der Waals surface area contributed by atoms with Gasteiger partial charge in [0, 0.05) is 5.56 Å². The van der Waals surface area contributed by atoms with Crippen molar-refractivity contribution < 1.29 is 24.2 Å². The number of carboxylic acid groups (broad SMARTS) is 1. The molecule has 2 aromatic carbocycles. The summed E-state index contributed by atoms with van der Waals surface area (Å²) in [6, 6.07) is 11.3. The van der Waals surface area contributed by atoms with Gasteiger partial charge in [0.15, 0.2) is 5.58 Å². The first-order valence-corrected chi connectivity index (χ1v) is 6.18. The smallest absolute Gasteiger partial charge is 0.400 e. The van der Waals surface area contributed by atoms with Crippen molar-refractivity contribution >= 4 is 17.1 Å². The first-order chi connectivity index (χ1) is 10.2. The van der Waals surface area contributed by atoms with Crippen LogP contribution >= 0.6 is 0 Å². The van der Waals surface area contributed by atoms with Crippen molar-refractivity contribution in [2.24, 2.45) is 0 Å². The molecule has 6 heteroatoms. The van der Waals surface area contributed by atoms with E-state index in [2.05, 4.69) is 4.98 Å². The fraction of sp³-hybridized carbons (Fsp3) is 0.0667. The summed E-state index contributed by atoms with van der Waals surface area (Å²) in [4.78, 5) is 15.0. The highest BCUT2D eigenvalue weighted by Crippen LogP contribution is 2.28. The van der Waals surface area contributed by atoms with Gasteiger partial charge in [-0.3, -0.25) is 0 Å². The Labute approximate surface area is 119 Å². The van der Waals surface area contributed by atoms with Crippen molar-refractivity contribution in [1.29, 1.82) is 0 Å².